The lowest BCUT2D eigenvalue weighted by Gasteiger charge is -2.35. The van der Waals surface area contributed by atoms with Gasteiger partial charge in [0.05, 0.1) is 0 Å². The van der Waals surface area contributed by atoms with Crippen LogP contribution in [0.15, 0.2) is 0 Å². The molecule has 0 amide bonds. The molecule has 0 aromatic rings. The first-order valence-corrected chi connectivity index (χ1v) is 8.09. The topological polar surface area (TPSA) is 15.3 Å². The van der Waals surface area contributed by atoms with E-state index in [0.717, 1.165) is 17.9 Å². The lowest BCUT2D eigenvalue weighted by Crippen LogP contribution is -2.43. The minimum absolute atomic E-state index is 0.696. The normalized spacial score (nSPS) is 19.5. The summed E-state index contributed by atoms with van der Waals surface area (Å²) < 4.78 is 0. The summed E-state index contributed by atoms with van der Waals surface area (Å²) in [6, 6.07) is 1.54. The smallest absolute Gasteiger partial charge is 0.0105 e. The summed E-state index contributed by atoms with van der Waals surface area (Å²) in [7, 11) is 0. The zero-order chi connectivity index (χ0) is 13.5. The molecule has 0 bridgehead atoms. The Labute approximate surface area is 115 Å². The molecule has 1 aliphatic carbocycles. The van der Waals surface area contributed by atoms with Gasteiger partial charge in [0.2, 0.25) is 0 Å². The first kappa shape index (κ1) is 16.0. The molecule has 18 heavy (non-hydrogen) atoms. The largest absolute Gasteiger partial charge is 0.314 e. The highest BCUT2D eigenvalue weighted by Gasteiger charge is 2.24. The highest BCUT2D eigenvalue weighted by molar-refractivity contribution is 4.83. The maximum atomic E-state index is 3.67. The van der Waals surface area contributed by atoms with E-state index in [0.29, 0.717) is 6.04 Å². The van der Waals surface area contributed by atoms with Crippen LogP contribution in [0.25, 0.3) is 0 Å². The third kappa shape index (κ3) is 5.27. The molecule has 0 heterocycles. The highest BCUT2D eigenvalue weighted by atomic mass is 15.2. The van der Waals surface area contributed by atoms with Crippen molar-refractivity contribution in [2.75, 3.05) is 19.6 Å². The van der Waals surface area contributed by atoms with Gasteiger partial charge in [-0.05, 0) is 44.7 Å². The van der Waals surface area contributed by atoms with Gasteiger partial charge in [-0.1, -0.05) is 40.5 Å². The van der Waals surface area contributed by atoms with Gasteiger partial charge in [-0.2, -0.15) is 0 Å². The predicted octanol–water partition coefficient (Wildman–Crippen LogP) is 3.52. The van der Waals surface area contributed by atoms with Crippen LogP contribution in [-0.4, -0.2) is 36.6 Å². The molecular weight excluding hydrogens is 220 g/mol. The van der Waals surface area contributed by atoms with Crippen molar-refractivity contribution in [3.8, 4) is 0 Å². The van der Waals surface area contributed by atoms with E-state index in [4.69, 9.17) is 0 Å². The van der Waals surface area contributed by atoms with E-state index < -0.39 is 0 Å². The Morgan fingerprint density at radius 3 is 2.17 bits per heavy atom. The second-order valence-corrected chi connectivity index (χ2v) is 6.17. The average Bonchev–Trinajstić information content (AvgIpc) is 3.21. The lowest BCUT2D eigenvalue weighted by molar-refractivity contribution is 0.139. The molecule has 1 saturated carbocycles. The molecule has 0 radical (unpaired) electrons. The molecule has 0 saturated heterocycles. The van der Waals surface area contributed by atoms with Crippen molar-refractivity contribution in [1.82, 2.24) is 10.2 Å². The first-order valence-electron chi connectivity index (χ1n) is 8.09. The molecule has 2 heteroatoms. The summed E-state index contributed by atoms with van der Waals surface area (Å²) in [5.41, 5.74) is 0. The van der Waals surface area contributed by atoms with Crippen molar-refractivity contribution in [2.24, 2.45) is 11.8 Å². The van der Waals surface area contributed by atoms with E-state index >= 15 is 0 Å². The minimum atomic E-state index is 0.696. The molecule has 2 unspecified atom stereocenters. The first-order chi connectivity index (χ1) is 8.62. The summed E-state index contributed by atoms with van der Waals surface area (Å²) >= 11 is 0. The summed E-state index contributed by atoms with van der Waals surface area (Å²) in [6.45, 7) is 15.4. The van der Waals surface area contributed by atoms with Gasteiger partial charge in [-0.15, -0.1) is 0 Å². The van der Waals surface area contributed by atoms with Crippen LogP contribution in [0.5, 0.6) is 0 Å². The van der Waals surface area contributed by atoms with Crippen molar-refractivity contribution in [1.29, 1.82) is 0 Å². The number of hydrogen-bond acceptors (Lipinski definition) is 2. The summed E-state index contributed by atoms with van der Waals surface area (Å²) in [5, 5.41) is 3.67. The number of nitrogens with one attached hydrogen (secondary N) is 1. The fraction of sp³-hybridized carbons (Fsp3) is 1.00. The number of hydrogen-bond donors (Lipinski definition) is 1. The zero-order valence-electron chi connectivity index (χ0n) is 13.2. The van der Waals surface area contributed by atoms with E-state index in [1.54, 1.807) is 0 Å². The summed E-state index contributed by atoms with van der Waals surface area (Å²) in [5.74, 6) is 1.62. The summed E-state index contributed by atoms with van der Waals surface area (Å²) in [6.07, 6.45) is 5.42. The minimum Gasteiger partial charge on any atom is -0.314 e. The van der Waals surface area contributed by atoms with Crippen LogP contribution in [0, 0.1) is 11.8 Å². The van der Waals surface area contributed by atoms with Crippen LogP contribution in [0.1, 0.15) is 60.3 Å². The van der Waals surface area contributed by atoms with Gasteiger partial charge in [0, 0.05) is 18.6 Å². The van der Waals surface area contributed by atoms with Crippen molar-refractivity contribution >= 4 is 0 Å². The maximum Gasteiger partial charge on any atom is 0.0105 e. The van der Waals surface area contributed by atoms with Crippen molar-refractivity contribution < 1.29 is 0 Å². The van der Waals surface area contributed by atoms with Crippen LogP contribution >= 0.6 is 0 Å². The Balaban J connectivity index is 2.35. The van der Waals surface area contributed by atoms with Gasteiger partial charge >= 0.3 is 0 Å². The molecule has 1 N–H and O–H groups in total. The van der Waals surface area contributed by atoms with E-state index in [9.17, 15) is 0 Å². The molecule has 2 atom stereocenters. The van der Waals surface area contributed by atoms with E-state index in [2.05, 4.69) is 44.8 Å². The van der Waals surface area contributed by atoms with Crippen LogP contribution in [0.3, 0.4) is 0 Å². The van der Waals surface area contributed by atoms with Crippen molar-refractivity contribution in [2.45, 2.75) is 72.4 Å². The van der Waals surface area contributed by atoms with Crippen molar-refractivity contribution in [3.63, 3.8) is 0 Å². The van der Waals surface area contributed by atoms with Crippen LogP contribution in [-0.2, 0) is 0 Å². The Morgan fingerprint density at radius 2 is 1.72 bits per heavy atom. The van der Waals surface area contributed by atoms with Crippen LogP contribution < -0.4 is 5.32 Å². The lowest BCUT2D eigenvalue weighted by atomic mass is 9.98. The second kappa shape index (κ2) is 8.16. The molecule has 1 aliphatic rings. The molecule has 1 fully saturated rings. The molecule has 1 rings (SSSR count). The fourth-order valence-electron chi connectivity index (χ4n) is 2.63. The third-order valence-corrected chi connectivity index (χ3v) is 4.76. The van der Waals surface area contributed by atoms with Crippen LogP contribution in [0.2, 0.25) is 0 Å². The van der Waals surface area contributed by atoms with Gasteiger partial charge in [0.1, 0.15) is 0 Å². The molecule has 2 nitrogen and oxygen atoms in total. The predicted molar refractivity (Wildman–Crippen MR) is 81.0 cm³/mol. The van der Waals surface area contributed by atoms with Gasteiger partial charge in [-0.25, -0.2) is 0 Å². The maximum absolute atomic E-state index is 3.67. The molecule has 0 aliphatic heterocycles. The van der Waals surface area contributed by atoms with E-state index in [1.807, 2.05) is 0 Å². The quantitative estimate of drug-likeness (QED) is 0.642. The Morgan fingerprint density at radius 1 is 1.11 bits per heavy atom. The summed E-state index contributed by atoms with van der Waals surface area (Å²) in [4.78, 5) is 2.68. The average molecular weight is 254 g/mol. The van der Waals surface area contributed by atoms with Gasteiger partial charge in [0.15, 0.2) is 0 Å². The second-order valence-electron chi connectivity index (χ2n) is 6.17. The molecule has 0 spiro atoms. The van der Waals surface area contributed by atoms with Crippen LogP contribution in [0.4, 0.5) is 0 Å². The van der Waals surface area contributed by atoms with Gasteiger partial charge < -0.3 is 10.2 Å². The van der Waals surface area contributed by atoms with Gasteiger partial charge in [0.25, 0.3) is 0 Å². The Bertz CT molecular complexity index is 209. The van der Waals surface area contributed by atoms with Gasteiger partial charge in [-0.3, -0.25) is 0 Å². The van der Waals surface area contributed by atoms with E-state index in [-0.39, 0.29) is 0 Å². The Kier molecular flexibility index (Phi) is 7.25. The van der Waals surface area contributed by atoms with E-state index in [1.165, 1.54) is 45.3 Å². The standard InChI is InChI=1S/C16H34N2/c1-6-15(7-2)12-18(8-3)14(5)13(4)11-17-16-9-10-16/h13-17H,6-12H2,1-5H3. The molecule has 108 valence electrons. The molecular formula is C16H34N2. The molecule has 0 aromatic carbocycles. The number of nitrogens with zero attached hydrogens (tertiary/aromatic N) is 1. The third-order valence-electron chi connectivity index (χ3n) is 4.76. The zero-order valence-corrected chi connectivity index (χ0v) is 13.2. The number of rotatable bonds is 10. The SMILES string of the molecule is CCC(CC)CN(CC)C(C)C(C)CNC1CC1. The Hall–Kier alpha value is -0.0800. The fourth-order valence-corrected chi connectivity index (χ4v) is 2.63. The highest BCUT2D eigenvalue weighted by Crippen LogP contribution is 2.20. The van der Waals surface area contributed by atoms with Crippen molar-refractivity contribution in [3.05, 3.63) is 0 Å². The monoisotopic (exact) mass is 254 g/mol. The molecule has 0 aromatic heterocycles.